The highest BCUT2D eigenvalue weighted by Crippen LogP contribution is 2.33. The molecular weight excluding hydrogens is 1370 g/mol. The molecule has 12 amide bonds. The van der Waals surface area contributed by atoms with Crippen molar-refractivity contribution in [3.63, 3.8) is 0 Å². The first-order chi connectivity index (χ1) is 49.1. The fraction of sp³-hybridized carbons (Fsp3) is 0.680. The second kappa shape index (κ2) is 39.9. The second-order valence-electron chi connectivity index (χ2n) is 30.3. The van der Waals surface area contributed by atoms with E-state index in [0.717, 1.165) is 54.7 Å². The molecule has 3 fully saturated rings. The number of likely N-dealkylation sites (N-methyl/N-ethyl adjacent to an activating group) is 7. The minimum absolute atomic E-state index is 0.0102. The normalized spacial score (nSPS) is 24.5. The Kier molecular flexibility index (Phi) is 33.1. The van der Waals surface area contributed by atoms with E-state index in [1.165, 1.54) is 66.1 Å². The molecule has 4 N–H and O–H groups in total. The van der Waals surface area contributed by atoms with Crippen LogP contribution in [0.4, 0.5) is 26.3 Å². The van der Waals surface area contributed by atoms with E-state index in [9.17, 15) is 60.3 Å². The van der Waals surface area contributed by atoms with Gasteiger partial charge in [-0.1, -0.05) is 104 Å². The molecule has 1 aliphatic carbocycles. The number of hydrogen-bond acceptors (Lipinski definition) is 12. The highest BCUT2D eigenvalue weighted by atomic mass is 19.4. The summed E-state index contributed by atoms with van der Waals surface area (Å²) in [6, 6.07) is 0.779. The van der Waals surface area contributed by atoms with Crippen LogP contribution in [0.2, 0.25) is 0 Å². The average Bonchev–Trinajstić information content (AvgIpc) is 0.848. The van der Waals surface area contributed by atoms with Crippen LogP contribution >= 0.6 is 0 Å². The third kappa shape index (κ3) is 25.4. The summed E-state index contributed by atoms with van der Waals surface area (Å²) in [7, 11) is 9.09. The molecule has 3 aliphatic rings. The Morgan fingerprint density at radius 2 is 1.10 bits per heavy atom. The highest BCUT2D eigenvalue weighted by Gasteiger charge is 2.46. The monoisotopic (exact) mass is 1490 g/mol. The third-order valence-corrected chi connectivity index (χ3v) is 20.1. The van der Waals surface area contributed by atoms with Crippen LogP contribution < -0.4 is 21.3 Å². The predicted octanol–water partition coefficient (Wildman–Crippen LogP) is 6.60. The van der Waals surface area contributed by atoms with E-state index in [4.69, 9.17) is 0 Å². The molecule has 2 saturated heterocycles. The van der Waals surface area contributed by atoms with E-state index < -0.39 is 188 Å². The summed E-state index contributed by atoms with van der Waals surface area (Å²) in [4.78, 5) is 188. The van der Waals surface area contributed by atoms with E-state index in [0.29, 0.717) is 56.5 Å². The molecule has 5 rings (SSSR count). The van der Waals surface area contributed by atoms with Gasteiger partial charge in [0.15, 0.2) is 0 Å². The molecule has 586 valence electrons. The number of likely N-dealkylation sites (tertiary alicyclic amines) is 1. The Morgan fingerprint density at radius 3 is 1.67 bits per heavy atom. The van der Waals surface area contributed by atoms with Gasteiger partial charge in [0.05, 0.1) is 31.6 Å². The van der Waals surface area contributed by atoms with Crippen molar-refractivity contribution in [1.82, 2.24) is 60.5 Å². The zero-order valence-electron chi connectivity index (χ0n) is 63.6. The summed E-state index contributed by atoms with van der Waals surface area (Å²) in [5.74, 6) is -12.5. The van der Waals surface area contributed by atoms with Gasteiger partial charge in [-0.3, -0.25) is 57.5 Å². The van der Waals surface area contributed by atoms with Crippen molar-refractivity contribution < 1.29 is 83.9 Å². The zero-order valence-corrected chi connectivity index (χ0v) is 63.6. The van der Waals surface area contributed by atoms with Crippen molar-refractivity contribution in [2.75, 3.05) is 82.1 Å². The van der Waals surface area contributed by atoms with Crippen LogP contribution in [0.15, 0.2) is 48.5 Å². The zero-order chi connectivity index (χ0) is 78.5. The van der Waals surface area contributed by atoms with E-state index in [-0.39, 0.29) is 74.7 Å². The predicted molar refractivity (Wildman–Crippen MR) is 381 cm³/mol. The minimum Gasteiger partial charge on any atom is -0.343 e. The Balaban J connectivity index is 1.68. The first-order valence-corrected chi connectivity index (χ1v) is 36.6. The van der Waals surface area contributed by atoms with Gasteiger partial charge in [0, 0.05) is 75.3 Å². The van der Waals surface area contributed by atoms with Crippen molar-refractivity contribution in [3.8, 4) is 0 Å². The molecule has 1 saturated carbocycles. The summed E-state index contributed by atoms with van der Waals surface area (Å²) < 4.78 is 83.3. The number of carbonyl (C=O) groups excluding carboxylic acids is 12. The molecule has 0 aromatic heterocycles. The quantitative estimate of drug-likeness (QED) is 0.0908. The Bertz CT molecular complexity index is 3330. The first-order valence-electron chi connectivity index (χ1n) is 36.6. The summed E-state index contributed by atoms with van der Waals surface area (Å²) in [6.45, 7) is 10.7. The number of carbonyl (C=O) groups is 12. The number of nitrogens with one attached hydrogen (secondary N) is 4. The number of halogens is 6. The molecule has 2 heterocycles. The Hall–Kier alpha value is -8.34. The van der Waals surface area contributed by atoms with Crippen molar-refractivity contribution in [1.29, 1.82) is 0 Å². The van der Waals surface area contributed by atoms with Gasteiger partial charge in [-0.05, 0) is 124 Å². The largest absolute Gasteiger partial charge is 0.419 e. The van der Waals surface area contributed by atoms with Crippen LogP contribution in [-0.4, -0.2) is 246 Å². The van der Waals surface area contributed by atoms with E-state index in [2.05, 4.69) is 21.3 Å². The minimum atomic E-state index is -5.06. The highest BCUT2D eigenvalue weighted by molar-refractivity contribution is 6.00. The maximum absolute atomic E-state index is 15.7. The van der Waals surface area contributed by atoms with Crippen molar-refractivity contribution in [2.24, 2.45) is 23.7 Å². The standard InChI is InChI=1S/C75H112F6N12O12/c1-46(2)37-57-67(99)84-65(51-27-19-16-20-28-51)72(104)88(10)44-63(96)86(8)45-64(97)89(11)56(29-21-22-30-60(77)78)71(103)87(9)43-61(94)82-54(34-32-49-31-33-52(53(76)40-49)75(79,80)81)69(101)91(13)59(39-48(5)6)68(100)85-74(7,42-50-25-17-15-18-26-50)73(105)92(14)58(38-47(3)4)66(98)83-55(41-62(95)90(57)12)70(102)93-35-23-24-36-93/h15,17-18,25-26,31,33,40,46-48,51,54-60,65H,16,19-24,27-30,32,34-39,41-45H2,1-14H3,(H,82,94)(H,83,98)(H,84,99)(H,85,100)/t54-,55-,56-,57-,58-,59-,65-,74-/m0/s1. The SMILES string of the molecule is CC(C)C[C@H]1C(=O)N[C@@H](C2CCCCC2)C(=O)N(C)CC(=O)N(C)CC(=O)N(C)[C@@H](CCCCC(F)F)C(=O)N(C)CC(=O)N[C@@H](CCc2ccc(C(F)(F)F)c(F)c2)C(=O)N(C)[C@@H](CC(C)C)C(=O)N[C@@](C)(Cc2ccccc2)C(=O)N(C)[C@@H](CC(C)C)C(=O)N[C@H](C(=O)N2CCCC2)CC(=O)N1C. The summed E-state index contributed by atoms with van der Waals surface area (Å²) >= 11 is 0. The lowest BCUT2D eigenvalue weighted by molar-refractivity contribution is -0.150. The van der Waals surface area contributed by atoms with Crippen LogP contribution in [0.25, 0.3) is 0 Å². The summed E-state index contributed by atoms with van der Waals surface area (Å²) in [5, 5.41) is 11.3. The molecule has 105 heavy (non-hydrogen) atoms. The molecule has 8 atom stereocenters. The molecule has 0 spiro atoms. The van der Waals surface area contributed by atoms with Crippen molar-refractivity contribution in [2.45, 2.75) is 224 Å². The third-order valence-electron chi connectivity index (χ3n) is 20.1. The molecule has 2 aromatic carbocycles. The summed E-state index contributed by atoms with van der Waals surface area (Å²) in [5.41, 5.74) is -3.00. The lowest BCUT2D eigenvalue weighted by atomic mass is 9.83. The molecule has 30 heteroatoms. The fourth-order valence-electron chi connectivity index (χ4n) is 14.0. The molecule has 0 bridgehead atoms. The first kappa shape index (κ1) is 87.3. The smallest absolute Gasteiger partial charge is 0.343 e. The average molecular weight is 1490 g/mol. The van der Waals surface area contributed by atoms with Gasteiger partial charge < -0.3 is 60.5 Å². The van der Waals surface area contributed by atoms with Crippen molar-refractivity contribution >= 4 is 70.9 Å². The van der Waals surface area contributed by atoms with Crippen LogP contribution in [0.5, 0.6) is 0 Å². The lowest BCUT2D eigenvalue weighted by Gasteiger charge is -2.40. The number of rotatable bonds is 18. The van der Waals surface area contributed by atoms with Gasteiger partial charge in [-0.25, -0.2) is 13.2 Å². The van der Waals surface area contributed by atoms with Crippen LogP contribution in [0.3, 0.4) is 0 Å². The van der Waals surface area contributed by atoms with Crippen LogP contribution in [-0.2, 0) is 76.6 Å². The van der Waals surface area contributed by atoms with Crippen LogP contribution in [0, 0.1) is 29.5 Å². The number of nitrogens with zero attached hydrogens (tertiary/aromatic N) is 8. The molecule has 2 aliphatic heterocycles. The maximum atomic E-state index is 15.7. The number of alkyl halides is 5. The van der Waals surface area contributed by atoms with Crippen LogP contribution in [0.1, 0.15) is 168 Å². The molecule has 24 nitrogen and oxygen atoms in total. The second-order valence-corrected chi connectivity index (χ2v) is 30.3. The van der Waals surface area contributed by atoms with Gasteiger partial charge in [0.25, 0.3) is 0 Å². The van der Waals surface area contributed by atoms with Gasteiger partial charge >= 0.3 is 6.18 Å². The van der Waals surface area contributed by atoms with Gasteiger partial charge in [-0.15, -0.1) is 0 Å². The Morgan fingerprint density at radius 1 is 0.562 bits per heavy atom. The van der Waals surface area contributed by atoms with Crippen molar-refractivity contribution in [3.05, 3.63) is 71.0 Å². The number of unbranched alkanes of at least 4 members (excludes halogenated alkanes) is 1. The van der Waals surface area contributed by atoms with E-state index >= 15 is 23.6 Å². The fourth-order valence-corrected chi connectivity index (χ4v) is 14.0. The number of benzene rings is 2. The lowest BCUT2D eigenvalue weighted by Crippen LogP contribution is -2.65. The topological polar surface area (TPSA) is 279 Å². The number of aryl methyl sites for hydroxylation is 1. The van der Waals surface area contributed by atoms with Gasteiger partial charge in [0.2, 0.25) is 77.3 Å². The number of hydrogen-bond donors (Lipinski definition) is 4. The maximum Gasteiger partial charge on any atom is 0.419 e. The number of amides is 12. The molecule has 2 aromatic rings. The van der Waals surface area contributed by atoms with Gasteiger partial charge in [0.1, 0.15) is 53.6 Å². The van der Waals surface area contributed by atoms with E-state index in [1.807, 2.05) is 13.8 Å². The molecular formula is C75H112F6N12O12. The van der Waals surface area contributed by atoms with Gasteiger partial charge in [-0.2, -0.15) is 13.2 Å². The van der Waals surface area contributed by atoms with E-state index in [1.54, 1.807) is 58.0 Å². The summed E-state index contributed by atoms with van der Waals surface area (Å²) in [6.07, 6.45) is -5.63. The Labute approximate surface area is 614 Å². The molecule has 0 radical (unpaired) electrons. The molecule has 0 unspecified atom stereocenters.